The van der Waals surface area contributed by atoms with Gasteiger partial charge in [0.2, 0.25) is 0 Å². The van der Waals surface area contributed by atoms with E-state index in [9.17, 15) is 14.3 Å². The Labute approximate surface area is 113 Å². The van der Waals surface area contributed by atoms with Crippen LogP contribution >= 0.6 is 11.6 Å². The van der Waals surface area contributed by atoms with Crippen LogP contribution in [-0.2, 0) is 0 Å². The molecule has 0 saturated heterocycles. The molecule has 2 aromatic rings. The zero-order chi connectivity index (χ0) is 13.8. The van der Waals surface area contributed by atoms with Crippen molar-refractivity contribution in [1.82, 2.24) is 0 Å². The Morgan fingerprint density at radius 2 is 1.63 bits per heavy atom. The first-order valence-electron chi connectivity index (χ1n) is 5.37. The number of benzene rings is 2. The van der Waals surface area contributed by atoms with Crippen molar-refractivity contribution in [2.75, 3.05) is 10.6 Å². The summed E-state index contributed by atoms with van der Waals surface area (Å²) in [5, 5.41) is 14.4. The molecule has 0 unspecified atom stereocenters. The average Bonchev–Trinajstić information content (AvgIpc) is 2.37. The van der Waals surface area contributed by atoms with E-state index in [0.29, 0.717) is 11.4 Å². The summed E-state index contributed by atoms with van der Waals surface area (Å²) in [5.74, 6) is -0.442. The second-order valence-electron chi connectivity index (χ2n) is 3.75. The molecular formula is C13H10ClFN2O2. The standard InChI is InChI=1S/C13H10ClFN2O2/c14-11-7-10(5-6-12(11)18)17-13(19)16-9-3-1-8(15)2-4-9/h1-7,18H,(H2,16,17,19). The lowest BCUT2D eigenvalue weighted by molar-refractivity contribution is 0.262. The second kappa shape index (κ2) is 5.58. The molecule has 0 fully saturated rings. The summed E-state index contributed by atoms with van der Waals surface area (Å²) in [6.07, 6.45) is 0. The van der Waals surface area contributed by atoms with E-state index < -0.39 is 6.03 Å². The third kappa shape index (κ3) is 3.59. The molecule has 6 heteroatoms. The van der Waals surface area contributed by atoms with Gasteiger partial charge in [-0.15, -0.1) is 0 Å². The number of hydrogen-bond donors (Lipinski definition) is 3. The van der Waals surface area contributed by atoms with Gasteiger partial charge in [0, 0.05) is 11.4 Å². The number of rotatable bonds is 2. The van der Waals surface area contributed by atoms with Crippen LogP contribution in [0.3, 0.4) is 0 Å². The third-order valence-electron chi connectivity index (χ3n) is 2.31. The van der Waals surface area contributed by atoms with E-state index in [-0.39, 0.29) is 16.6 Å². The van der Waals surface area contributed by atoms with Gasteiger partial charge in [-0.3, -0.25) is 0 Å². The molecule has 0 spiro atoms. The molecule has 98 valence electrons. The Morgan fingerprint density at radius 1 is 1.05 bits per heavy atom. The van der Waals surface area contributed by atoms with Gasteiger partial charge < -0.3 is 15.7 Å². The topological polar surface area (TPSA) is 61.4 Å². The van der Waals surface area contributed by atoms with E-state index in [1.807, 2.05) is 0 Å². The molecule has 2 amide bonds. The molecule has 0 radical (unpaired) electrons. The predicted molar refractivity (Wildman–Crippen MR) is 72.2 cm³/mol. The SMILES string of the molecule is O=C(Nc1ccc(F)cc1)Nc1ccc(O)c(Cl)c1. The second-order valence-corrected chi connectivity index (χ2v) is 4.16. The van der Waals surface area contributed by atoms with Gasteiger partial charge in [0.15, 0.2) is 0 Å². The first kappa shape index (κ1) is 13.2. The molecule has 0 aliphatic carbocycles. The van der Waals surface area contributed by atoms with Crippen molar-refractivity contribution in [1.29, 1.82) is 0 Å². The lowest BCUT2D eigenvalue weighted by Crippen LogP contribution is -2.19. The van der Waals surface area contributed by atoms with Crippen molar-refractivity contribution in [2.45, 2.75) is 0 Å². The molecule has 0 heterocycles. The summed E-state index contributed by atoms with van der Waals surface area (Å²) in [5.41, 5.74) is 0.895. The summed E-state index contributed by atoms with van der Waals surface area (Å²) in [7, 11) is 0. The molecule has 0 aliphatic heterocycles. The maximum Gasteiger partial charge on any atom is 0.323 e. The van der Waals surface area contributed by atoms with Gasteiger partial charge in [0.05, 0.1) is 5.02 Å². The van der Waals surface area contributed by atoms with E-state index >= 15 is 0 Å². The minimum absolute atomic E-state index is 0.0637. The molecule has 0 aromatic heterocycles. The monoisotopic (exact) mass is 280 g/mol. The van der Waals surface area contributed by atoms with Gasteiger partial charge in [0.1, 0.15) is 11.6 Å². The number of anilines is 2. The molecule has 19 heavy (non-hydrogen) atoms. The van der Waals surface area contributed by atoms with E-state index in [4.69, 9.17) is 11.6 Å². The number of carbonyl (C=O) groups is 1. The van der Waals surface area contributed by atoms with Gasteiger partial charge >= 0.3 is 6.03 Å². The fraction of sp³-hybridized carbons (Fsp3) is 0. The molecular weight excluding hydrogens is 271 g/mol. The number of aromatic hydroxyl groups is 1. The maximum atomic E-state index is 12.7. The summed E-state index contributed by atoms with van der Waals surface area (Å²) < 4.78 is 12.7. The highest BCUT2D eigenvalue weighted by atomic mass is 35.5. The fourth-order valence-electron chi connectivity index (χ4n) is 1.41. The van der Waals surface area contributed by atoms with Crippen molar-refractivity contribution in [2.24, 2.45) is 0 Å². The first-order valence-corrected chi connectivity index (χ1v) is 5.74. The van der Waals surface area contributed by atoms with Crippen LogP contribution in [0.5, 0.6) is 5.75 Å². The van der Waals surface area contributed by atoms with E-state index in [2.05, 4.69) is 10.6 Å². The highest BCUT2D eigenvalue weighted by Crippen LogP contribution is 2.26. The minimum Gasteiger partial charge on any atom is -0.506 e. The van der Waals surface area contributed by atoms with Crippen LogP contribution in [0.25, 0.3) is 0 Å². The molecule has 2 rings (SSSR count). The smallest absolute Gasteiger partial charge is 0.323 e. The molecule has 0 atom stereocenters. The number of amides is 2. The lowest BCUT2D eigenvalue weighted by atomic mass is 10.3. The number of urea groups is 1. The normalized spacial score (nSPS) is 10.0. The Kier molecular flexibility index (Phi) is 3.87. The molecule has 4 nitrogen and oxygen atoms in total. The number of phenolic OH excluding ortho intramolecular Hbond substituents is 1. The maximum absolute atomic E-state index is 12.7. The summed E-state index contributed by atoms with van der Waals surface area (Å²) in [6.45, 7) is 0. The number of hydrogen-bond acceptors (Lipinski definition) is 2. The first-order chi connectivity index (χ1) is 9.04. The van der Waals surface area contributed by atoms with Crippen molar-refractivity contribution in [3.8, 4) is 5.75 Å². The van der Waals surface area contributed by atoms with Crippen LogP contribution in [0.2, 0.25) is 5.02 Å². The van der Waals surface area contributed by atoms with Crippen molar-refractivity contribution in [3.05, 3.63) is 53.3 Å². The molecule has 0 aliphatic rings. The lowest BCUT2D eigenvalue weighted by Gasteiger charge is -2.08. The van der Waals surface area contributed by atoms with Crippen LogP contribution in [0.4, 0.5) is 20.6 Å². The van der Waals surface area contributed by atoms with E-state index in [1.54, 1.807) is 0 Å². The Bertz CT molecular complexity index is 602. The zero-order valence-corrected chi connectivity index (χ0v) is 10.4. The summed E-state index contributed by atoms with van der Waals surface area (Å²) in [6, 6.07) is 9.17. The van der Waals surface area contributed by atoms with E-state index in [1.165, 1.54) is 42.5 Å². The molecule has 0 saturated carbocycles. The minimum atomic E-state index is -0.492. The van der Waals surface area contributed by atoms with Crippen LogP contribution in [0.1, 0.15) is 0 Å². The van der Waals surface area contributed by atoms with Crippen molar-refractivity contribution in [3.63, 3.8) is 0 Å². The largest absolute Gasteiger partial charge is 0.506 e. The van der Waals surface area contributed by atoms with Gasteiger partial charge in [-0.2, -0.15) is 0 Å². The number of halogens is 2. The fourth-order valence-corrected chi connectivity index (χ4v) is 1.59. The van der Waals surface area contributed by atoms with Gasteiger partial charge in [-0.05, 0) is 42.5 Å². The van der Waals surface area contributed by atoms with Gasteiger partial charge in [-0.25, -0.2) is 9.18 Å². The van der Waals surface area contributed by atoms with Gasteiger partial charge in [0.25, 0.3) is 0 Å². The van der Waals surface area contributed by atoms with Crippen LogP contribution in [0, 0.1) is 5.82 Å². The van der Waals surface area contributed by atoms with Crippen molar-refractivity contribution >= 4 is 29.0 Å². The predicted octanol–water partition coefficient (Wildman–Crippen LogP) is 3.83. The molecule has 3 N–H and O–H groups in total. The quantitative estimate of drug-likeness (QED) is 0.732. The summed E-state index contributed by atoms with van der Waals surface area (Å²) >= 11 is 5.71. The van der Waals surface area contributed by atoms with Crippen molar-refractivity contribution < 1.29 is 14.3 Å². The van der Waals surface area contributed by atoms with Crippen LogP contribution in [0.15, 0.2) is 42.5 Å². The summed E-state index contributed by atoms with van der Waals surface area (Å²) in [4.78, 5) is 11.6. The Hall–Kier alpha value is -2.27. The van der Waals surface area contributed by atoms with Gasteiger partial charge in [-0.1, -0.05) is 11.6 Å². The van der Waals surface area contributed by atoms with Crippen LogP contribution < -0.4 is 10.6 Å². The van der Waals surface area contributed by atoms with E-state index in [0.717, 1.165) is 0 Å². The number of nitrogens with one attached hydrogen (secondary N) is 2. The highest BCUT2D eigenvalue weighted by Gasteiger charge is 2.05. The highest BCUT2D eigenvalue weighted by molar-refractivity contribution is 6.32. The third-order valence-corrected chi connectivity index (χ3v) is 2.61. The molecule has 2 aromatic carbocycles. The Morgan fingerprint density at radius 3 is 2.26 bits per heavy atom. The van der Waals surface area contributed by atoms with Crippen LogP contribution in [-0.4, -0.2) is 11.1 Å². The zero-order valence-electron chi connectivity index (χ0n) is 9.65. The number of phenols is 1. The Balaban J connectivity index is 2.01. The molecule has 0 bridgehead atoms. The number of carbonyl (C=O) groups excluding carboxylic acids is 1. The average molecular weight is 281 g/mol.